The third-order valence-corrected chi connectivity index (χ3v) is 3.21. The van der Waals surface area contributed by atoms with Crippen LogP contribution in [0.15, 0.2) is 24.3 Å². The Balaban J connectivity index is 1.92. The third kappa shape index (κ3) is 3.62. The maximum absolute atomic E-state index is 11.9. The molecule has 2 atom stereocenters. The zero-order valence-electron chi connectivity index (χ0n) is 10.4. The molecule has 0 saturated carbocycles. The van der Waals surface area contributed by atoms with Crippen LogP contribution in [0.3, 0.4) is 0 Å². The van der Waals surface area contributed by atoms with E-state index < -0.39 is 12.3 Å². The second-order valence-electron chi connectivity index (χ2n) is 4.64. The number of ether oxygens (including phenoxy) is 1. The number of Topliss-reactive ketones (excluding diaryl/α,β-unsaturated/α-hetero) is 1. The SMILES string of the molecule is O=C(O)c1cccc(C(=O)CC[C@@H]2CCC(O)O2)c1. The lowest BCUT2D eigenvalue weighted by Gasteiger charge is -2.09. The summed E-state index contributed by atoms with van der Waals surface area (Å²) in [6.07, 6.45) is 1.40. The van der Waals surface area contributed by atoms with Gasteiger partial charge in [-0.15, -0.1) is 0 Å². The maximum Gasteiger partial charge on any atom is 0.335 e. The number of carbonyl (C=O) groups excluding carboxylic acids is 1. The van der Waals surface area contributed by atoms with Crippen LogP contribution in [0.1, 0.15) is 46.4 Å². The maximum atomic E-state index is 11.9. The first kappa shape index (κ1) is 13.7. The fourth-order valence-electron chi connectivity index (χ4n) is 2.16. The molecule has 5 heteroatoms. The lowest BCUT2D eigenvalue weighted by atomic mass is 10.0. The van der Waals surface area contributed by atoms with Crippen molar-refractivity contribution in [1.29, 1.82) is 0 Å². The Morgan fingerprint density at radius 1 is 1.26 bits per heavy atom. The van der Waals surface area contributed by atoms with E-state index in [9.17, 15) is 14.7 Å². The molecule has 0 aromatic heterocycles. The molecule has 0 bridgehead atoms. The van der Waals surface area contributed by atoms with E-state index in [0.29, 0.717) is 24.8 Å². The number of carboxylic acid groups (broad SMARTS) is 1. The van der Waals surface area contributed by atoms with Crippen LogP contribution in [0, 0.1) is 0 Å². The van der Waals surface area contributed by atoms with E-state index in [-0.39, 0.29) is 17.5 Å². The highest BCUT2D eigenvalue weighted by molar-refractivity contribution is 5.98. The van der Waals surface area contributed by atoms with Crippen molar-refractivity contribution >= 4 is 11.8 Å². The van der Waals surface area contributed by atoms with E-state index in [4.69, 9.17) is 9.84 Å². The highest BCUT2D eigenvalue weighted by atomic mass is 16.6. The van der Waals surface area contributed by atoms with Crippen LogP contribution in [-0.2, 0) is 4.74 Å². The molecule has 1 aromatic rings. The number of carboxylic acids is 1. The van der Waals surface area contributed by atoms with Crippen molar-refractivity contribution in [3.8, 4) is 0 Å². The Hall–Kier alpha value is -1.72. The minimum Gasteiger partial charge on any atom is -0.478 e. The van der Waals surface area contributed by atoms with Crippen LogP contribution in [0.25, 0.3) is 0 Å². The third-order valence-electron chi connectivity index (χ3n) is 3.21. The summed E-state index contributed by atoms with van der Waals surface area (Å²) in [7, 11) is 0. The summed E-state index contributed by atoms with van der Waals surface area (Å²) in [4.78, 5) is 22.8. The van der Waals surface area contributed by atoms with E-state index in [1.54, 1.807) is 12.1 Å². The normalized spacial score (nSPS) is 22.4. The molecular weight excluding hydrogens is 248 g/mol. The Morgan fingerprint density at radius 3 is 2.63 bits per heavy atom. The second kappa shape index (κ2) is 5.95. The van der Waals surface area contributed by atoms with E-state index in [2.05, 4.69) is 0 Å². The van der Waals surface area contributed by atoms with Gasteiger partial charge in [-0.05, 0) is 25.0 Å². The molecule has 1 saturated heterocycles. The van der Waals surface area contributed by atoms with Gasteiger partial charge in [-0.25, -0.2) is 4.79 Å². The zero-order chi connectivity index (χ0) is 13.8. The van der Waals surface area contributed by atoms with Crippen LogP contribution >= 0.6 is 0 Å². The average Bonchev–Trinajstić information content (AvgIpc) is 2.82. The van der Waals surface area contributed by atoms with Gasteiger partial charge in [0.05, 0.1) is 11.7 Å². The summed E-state index contributed by atoms with van der Waals surface area (Å²) in [5.74, 6) is -1.15. The first-order chi connectivity index (χ1) is 9.06. The number of hydrogen-bond donors (Lipinski definition) is 2. The summed E-state index contributed by atoms with van der Waals surface area (Å²) in [6, 6.07) is 6.01. The van der Waals surface area contributed by atoms with Crippen LogP contribution in [0.2, 0.25) is 0 Å². The highest BCUT2D eigenvalue weighted by Crippen LogP contribution is 2.22. The quantitative estimate of drug-likeness (QED) is 0.793. The van der Waals surface area contributed by atoms with Crippen molar-refractivity contribution in [2.75, 3.05) is 0 Å². The standard InChI is InChI=1S/C14H16O5/c15-12(6-4-11-5-7-13(16)19-11)9-2-1-3-10(8-9)14(17)18/h1-3,8,11,13,16H,4-7H2,(H,17,18)/t11-,13?/m1/s1. The van der Waals surface area contributed by atoms with Crippen molar-refractivity contribution in [2.45, 2.75) is 38.1 Å². The highest BCUT2D eigenvalue weighted by Gasteiger charge is 2.23. The summed E-state index contributed by atoms with van der Waals surface area (Å²) in [6.45, 7) is 0. The fraction of sp³-hybridized carbons (Fsp3) is 0.429. The number of aliphatic hydroxyl groups excluding tert-OH is 1. The molecule has 1 aromatic carbocycles. The minimum absolute atomic E-state index is 0.0818. The topological polar surface area (TPSA) is 83.8 Å². The van der Waals surface area contributed by atoms with Gasteiger partial charge in [0, 0.05) is 18.4 Å². The van der Waals surface area contributed by atoms with Crippen LogP contribution in [0.4, 0.5) is 0 Å². The molecule has 2 rings (SSSR count). The predicted octanol–water partition coefficient (Wildman–Crippen LogP) is 1.85. The Kier molecular flexibility index (Phi) is 4.29. The van der Waals surface area contributed by atoms with Crippen molar-refractivity contribution in [1.82, 2.24) is 0 Å². The molecule has 1 aliphatic heterocycles. The van der Waals surface area contributed by atoms with Crippen molar-refractivity contribution < 1.29 is 24.5 Å². The molecular formula is C14H16O5. The van der Waals surface area contributed by atoms with Gasteiger partial charge in [0.2, 0.25) is 0 Å². The summed E-state index contributed by atoms with van der Waals surface area (Å²) >= 11 is 0. The van der Waals surface area contributed by atoms with Crippen molar-refractivity contribution in [3.05, 3.63) is 35.4 Å². The molecule has 5 nitrogen and oxygen atoms in total. The predicted molar refractivity (Wildman–Crippen MR) is 67.1 cm³/mol. The minimum atomic E-state index is -1.04. The van der Waals surface area contributed by atoms with E-state index in [0.717, 1.165) is 6.42 Å². The van der Waals surface area contributed by atoms with Gasteiger partial charge in [0.1, 0.15) is 0 Å². The smallest absolute Gasteiger partial charge is 0.335 e. The Labute approximate surface area is 110 Å². The van der Waals surface area contributed by atoms with E-state index in [1.165, 1.54) is 12.1 Å². The molecule has 1 heterocycles. The number of ketones is 1. The van der Waals surface area contributed by atoms with Gasteiger partial charge in [-0.1, -0.05) is 12.1 Å². The largest absolute Gasteiger partial charge is 0.478 e. The molecule has 0 spiro atoms. The van der Waals surface area contributed by atoms with Gasteiger partial charge in [0.25, 0.3) is 0 Å². The summed E-state index contributed by atoms with van der Waals surface area (Å²) < 4.78 is 5.22. The molecule has 1 fully saturated rings. The lowest BCUT2D eigenvalue weighted by molar-refractivity contribution is -0.0914. The molecule has 0 radical (unpaired) electrons. The lowest BCUT2D eigenvalue weighted by Crippen LogP contribution is -2.12. The van der Waals surface area contributed by atoms with Crippen molar-refractivity contribution in [2.24, 2.45) is 0 Å². The van der Waals surface area contributed by atoms with Crippen LogP contribution in [0.5, 0.6) is 0 Å². The number of aliphatic hydroxyl groups is 1. The van der Waals surface area contributed by atoms with E-state index in [1.807, 2.05) is 0 Å². The first-order valence-electron chi connectivity index (χ1n) is 6.26. The van der Waals surface area contributed by atoms with Crippen LogP contribution < -0.4 is 0 Å². The van der Waals surface area contributed by atoms with Gasteiger partial charge >= 0.3 is 5.97 Å². The van der Waals surface area contributed by atoms with Gasteiger partial charge in [-0.3, -0.25) is 4.79 Å². The van der Waals surface area contributed by atoms with E-state index >= 15 is 0 Å². The number of carbonyl (C=O) groups is 2. The summed E-state index contributed by atoms with van der Waals surface area (Å²) in [5, 5.41) is 18.1. The van der Waals surface area contributed by atoms with Crippen molar-refractivity contribution in [3.63, 3.8) is 0 Å². The Morgan fingerprint density at radius 2 is 2.00 bits per heavy atom. The zero-order valence-corrected chi connectivity index (χ0v) is 10.4. The van der Waals surface area contributed by atoms with Gasteiger partial charge in [0.15, 0.2) is 12.1 Å². The molecule has 102 valence electrons. The Bertz CT molecular complexity index is 482. The first-order valence-corrected chi connectivity index (χ1v) is 6.26. The monoisotopic (exact) mass is 264 g/mol. The molecule has 1 aliphatic rings. The molecule has 19 heavy (non-hydrogen) atoms. The number of hydrogen-bond acceptors (Lipinski definition) is 4. The summed E-state index contributed by atoms with van der Waals surface area (Å²) in [5.41, 5.74) is 0.511. The number of benzene rings is 1. The molecule has 0 aliphatic carbocycles. The second-order valence-corrected chi connectivity index (χ2v) is 4.64. The van der Waals surface area contributed by atoms with Gasteiger partial charge < -0.3 is 14.9 Å². The van der Waals surface area contributed by atoms with Gasteiger partial charge in [-0.2, -0.15) is 0 Å². The fourth-order valence-corrected chi connectivity index (χ4v) is 2.16. The average molecular weight is 264 g/mol. The van der Waals surface area contributed by atoms with Crippen LogP contribution in [-0.4, -0.2) is 34.4 Å². The molecule has 2 N–H and O–H groups in total. The molecule has 1 unspecified atom stereocenters. The molecule has 0 amide bonds. The number of rotatable bonds is 5. The number of aromatic carboxylic acids is 1.